The highest BCUT2D eigenvalue weighted by Crippen LogP contribution is 2.31. The van der Waals surface area contributed by atoms with Gasteiger partial charge in [-0.25, -0.2) is 0 Å². The van der Waals surface area contributed by atoms with Crippen molar-refractivity contribution in [3.8, 4) is 0 Å². The molecule has 1 rings (SSSR count). The van der Waals surface area contributed by atoms with Gasteiger partial charge in [-0.05, 0) is 36.1 Å². The van der Waals surface area contributed by atoms with Crippen LogP contribution in [-0.4, -0.2) is 0 Å². The van der Waals surface area contributed by atoms with Crippen molar-refractivity contribution in [2.24, 2.45) is 11.7 Å². The Bertz CT molecular complexity index is 368. The summed E-state index contributed by atoms with van der Waals surface area (Å²) in [7, 11) is 0. The molecule has 0 aliphatic rings. The topological polar surface area (TPSA) is 26.0 Å². The van der Waals surface area contributed by atoms with Crippen molar-refractivity contribution in [1.82, 2.24) is 0 Å². The molecule has 0 saturated heterocycles. The van der Waals surface area contributed by atoms with E-state index in [0.29, 0.717) is 5.92 Å². The highest BCUT2D eigenvalue weighted by molar-refractivity contribution is 9.10. The minimum absolute atomic E-state index is 0.0693. The predicted molar refractivity (Wildman–Crippen MR) is 84.0 cm³/mol. The number of benzene rings is 1. The zero-order valence-electron chi connectivity index (χ0n) is 11.3. The average Bonchev–Trinajstić information content (AvgIpc) is 2.37. The average molecular weight is 333 g/mol. The van der Waals surface area contributed by atoms with Crippen LogP contribution in [-0.2, 0) is 0 Å². The van der Waals surface area contributed by atoms with Gasteiger partial charge in [0, 0.05) is 15.5 Å². The molecular formula is C15H23BrClN. The van der Waals surface area contributed by atoms with Crippen LogP contribution < -0.4 is 5.73 Å². The van der Waals surface area contributed by atoms with Gasteiger partial charge in [-0.3, -0.25) is 0 Å². The lowest BCUT2D eigenvalue weighted by molar-refractivity contribution is 0.388. The fraction of sp³-hybridized carbons (Fsp3) is 0.600. The Morgan fingerprint density at radius 3 is 2.67 bits per heavy atom. The van der Waals surface area contributed by atoms with Crippen molar-refractivity contribution < 1.29 is 0 Å². The largest absolute Gasteiger partial charge is 0.324 e. The number of unbranched alkanes of at least 4 members (excludes halogenated alkanes) is 1. The maximum atomic E-state index is 6.32. The normalized spacial score (nSPS) is 14.5. The Kier molecular flexibility index (Phi) is 7.28. The third kappa shape index (κ3) is 4.91. The molecule has 0 bridgehead atoms. The smallest absolute Gasteiger partial charge is 0.0410 e. The van der Waals surface area contributed by atoms with Crippen LogP contribution in [0.1, 0.15) is 57.6 Å². The minimum Gasteiger partial charge on any atom is -0.324 e. The zero-order chi connectivity index (χ0) is 13.5. The van der Waals surface area contributed by atoms with Gasteiger partial charge in [-0.1, -0.05) is 67.1 Å². The fourth-order valence-electron chi connectivity index (χ4n) is 2.27. The molecule has 0 aromatic heterocycles. The highest BCUT2D eigenvalue weighted by Gasteiger charge is 2.15. The zero-order valence-corrected chi connectivity index (χ0v) is 13.6. The van der Waals surface area contributed by atoms with Crippen LogP contribution in [0.4, 0.5) is 0 Å². The molecule has 0 fully saturated rings. The molecule has 0 spiro atoms. The van der Waals surface area contributed by atoms with Crippen molar-refractivity contribution in [1.29, 1.82) is 0 Å². The number of nitrogens with two attached hydrogens (primary N) is 1. The SMILES string of the molecule is CCCCC(CC)CC(N)c1cc(Cl)ccc1Br. The number of hydrogen-bond acceptors (Lipinski definition) is 1. The standard InChI is InChI=1S/C15H23BrClN/c1-3-5-6-11(4-2)9-15(18)13-10-12(17)7-8-14(13)16/h7-8,10-11,15H,3-6,9,18H2,1-2H3. The molecule has 0 aliphatic heterocycles. The van der Waals surface area contributed by atoms with Gasteiger partial charge in [0.1, 0.15) is 0 Å². The van der Waals surface area contributed by atoms with Gasteiger partial charge < -0.3 is 5.73 Å². The van der Waals surface area contributed by atoms with Gasteiger partial charge >= 0.3 is 0 Å². The Balaban J connectivity index is 2.67. The second-order valence-corrected chi connectivity index (χ2v) is 6.22. The summed E-state index contributed by atoms with van der Waals surface area (Å²) in [5, 5.41) is 0.755. The molecule has 0 amide bonds. The van der Waals surface area contributed by atoms with E-state index in [1.165, 1.54) is 25.7 Å². The van der Waals surface area contributed by atoms with Crippen molar-refractivity contribution in [3.63, 3.8) is 0 Å². The second-order valence-electron chi connectivity index (χ2n) is 4.92. The van der Waals surface area contributed by atoms with E-state index in [9.17, 15) is 0 Å². The summed E-state index contributed by atoms with van der Waals surface area (Å²) in [6.07, 6.45) is 6.06. The molecule has 0 aliphatic carbocycles. The Morgan fingerprint density at radius 2 is 2.06 bits per heavy atom. The van der Waals surface area contributed by atoms with E-state index in [1.807, 2.05) is 18.2 Å². The molecule has 18 heavy (non-hydrogen) atoms. The van der Waals surface area contributed by atoms with Crippen molar-refractivity contribution in [3.05, 3.63) is 33.3 Å². The third-order valence-corrected chi connectivity index (χ3v) is 4.45. The first-order valence-corrected chi connectivity index (χ1v) is 7.96. The summed E-state index contributed by atoms with van der Waals surface area (Å²) < 4.78 is 1.06. The molecule has 1 aromatic rings. The summed E-state index contributed by atoms with van der Waals surface area (Å²) in [5.41, 5.74) is 7.45. The van der Waals surface area contributed by atoms with Crippen molar-refractivity contribution >= 4 is 27.5 Å². The van der Waals surface area contributed by atoms with E-state index in [4.69, 9.17) is 17.3 Å². The van der Waals surface area contributed by atoms with E-state index in [-0.39, 0.29) is 6.04 Å². The van der Waals surface area contributed by atoms with Crippen molar-refractivity contribution in [2.75, 3.05) is 0 Å². The van der Waals surface area contributed by atoms with Crippen molar-refractivity contribution in [2.45, 2.75) is 52.0 Å². The number of halogens is 2. The maximum absolute atomic E-state index is 6.32. The van der Waals surface area contributed by atoms with E-state index >= 15 is 0 Å². The summed E-state index contributed by atoms with van der Waals surface area (Å²) in [6.45, 7) is 4.49. The molecule has 0 radical (unpaired) electrons. The van der Waals surface area contributed by atoms with Crippen LogP contribution in [0.5, 0.6) is 0 Å². The summed E-state index contributed by atoms with van der Waals surface area (Å²) >= 11 is 9.60. The van der Waals surface area contributed by atoms with Gasteiger partial charge in [-0.15, -0.1) is 0 Å². The lowest BCUT2D eigenvalue weighted by Crippen LogP contribution is -2.16. The highest BCUT2D eigenvalue weighted by atomic mass is 79.9. The molecule has 2 atom stereocenters. The first-order chi connectivity index (χ1) is 8.58. The van der Waals surface area contributed by atoms with E-state index in [0.717, 1.165) is 21.5 Å². The van der Waals surface area contributed by atoms with Gasteiger partial charge in [0.25, 0.3) is 0 Å². The number of hydrogen-bond donors (Lipinski definition) is 1. The summed E-state index contributed by atoms with van der Waals surface area (Å²) in [4.78, 5) is 0. The summed E-state index contributed by atoms with van der Waals surface area (Å²) in [5.74, 6) is 0.714. The van der Waals surface area contributed by atoms with Crippen LogP contribution in [0.15, 0.2) is 22.7 Å². The molecule has 102 valence electrons. The minimum atomic E-state index is 0.0693. The maximum Gasteiger partial charge on any atom is 0.0410 e. The van der Waals surface area contributed by atoms with Crippen LogP contribution in [0.2, 0.25) is 5.02 Å². The van der Waals surface area contributed by atoms with Crippen LogP contribution in [0.3, 0.4) is 0 Å². The summed E-state index contributed by atoms with van der Waals surface area (Å²) in [6, 6.07) is 5.91. The Labute approximate surface area is 124 Å². The lowest BCUT2D eigenvalue weighted by atomic mass is 9.90. The van der Waals surface area contributed by atoms with Gasteiger partial charge in [0.05, 0.1) is 0 Å². The van der Waals surface area contributed by atoms with Crippen LogP contribution in [0.25, 0.3) is 0 Å². The number of rotatable bonds is 7. The quantitative estimate of drug-likeness (QED) is 0.680. The van der Waals surface area contributed by atoms with E-state index in [2.05, 4.69) is 29.8 Å². The lowest BCUT2D eigenvalue weighted by Gasteiger charge is -2.21. The molecule has 1 nitrogen and oxygen atoms in total. The first-order valence-electron chi connectivity index (χ1n) is 6.79. The molecule has 1 aromatic carbocycles. The van der Waals surface area contributed by atoms with Gasteiger partial charge in [-0.2, -0.15) is 0 Å². The Morgan fingerprint density at radius 1 is 1.33 bits per heavy atom. The van der Waals surface area contributed by atoms with Crippen LogP contribution in [0, 0.1) is 5.92 Å². The van der Waals surface area contributed by atoms with Gasteiger partial charge in [0.15, 0.2) is 0 Å². The molecule has 2 N–H and O–H groups in total. The third-order valence-electron chi connectivity index (χ3n) is 3.49. The molecule has 0 heterocycles. The van der Waals surface area contributed by atoms with E-state index < -0.39 is 0 Å². The molecule has 2 unspecified atom stereocenters. The molecular weight excluding hydrogens is 310 g/mol. The monoisotopic (exact) mass is 331 g/mol. The predicted octanol–water partition coefficient (Wildman–Crippen LogP) is 5.71. The first kappa shape index (κ1) is 16.0. The molecule has 0 saturated carbocycles. The second kappa shape index (κ2) is 8.19. The van der Waals surface area contributed by atoms with Gasteiger partial charge in [0.2, 0.25) is 0 Å². The van der Waals surface area contributed by atoms with E-state index in [1.54, 1.807) is 0 Å². The fourth-order valence-corrected chi connectivity index (χ4v) is 2.99. The van der Waals surface area contributed by atoms with Crippen LogP contribution >= 0.6 is 27.5 Å². The molecule has 3 heteroatoms. The Hall–Kier alpha value is -0.0500.